The predicted octanol–water partition coefficient (Wildman–Crippen LogP) is 2.59. The molecule has 1 rings (SSSR count). The van der Waals surface area contributed by atoms with Crippen LogP contribution >= 0.6 is 11.3 Å². The molecule has 0 aliphatic carbocycles. The molecular formula is C13H21NO2S. The zero-order valence-electron chi connectivity index (χ0n) is 10.4. The van der Waals surface area contributed by atoms with Gasteiger partial charge < -0.3 is 10.4 Å². The van der Waals surface area contributed by atoms with Gasteiger partial charge in [-0.15, -0.1) is 11.3 Å². The molecule has 0 atom stereocenters. The van der Waals surface area contributed by atoms with Crippen LogP contribution in [0.5, 0.6) is 0 Å². The third kappa shape index (κ3) is 5.33. The van der Waals surface area contributed by atoms with Crippen LogP contribution in [0.4, 0.5) is 0 Å². The molecule has 1 amide bonds. The minimum absolute atomic E-state index is 0.0388. The zero-order chi connectivity index (χ0) is 12.5. The molecule has 3 nitrogen and oxygen atoms in total. The van der Waals surface area contributed by atoms with Gasteiger partial charge in [-0.3, -0.25) is 4.79 Å². The summed E-state index contributed by atoms with van der Waals surface area (Å²) in [5.74, 6) is 0.0388. The molecule has 0 fully saturated rings. The highest BCUT2D eigenvalue weighted by atomic mass is 32.1. The smallest absolute Gasteiger partial charge is 0.261 e. The van der Waals surface area contributed by atoms with E-state index in [0.29, 0.717) is 0 Å². The van der Waals surface area contributed by atoms with Crippen LogP contribution in [-0.4, -0.2) is 24.2 Å². The summed E-state index contributed by atoms with van der Waals surface area (Å²) in [4.78, 5) is 13.8. The van der Waals surface area contributed by atoms with Crippen molar-refractivity contribution >= 4 is 17.2 Å². The first kappa shape index (κ1) is 14.2. The van der Waals surface area contributed by atoms with E-state index in [1.807, 2.05) is 12.1 Å². The van der Waals surface area contributed by atoms with Gasteiger partial charge in [-0.1, -0.05) is 19.8 Å². The van der Waals surface area contributed by atoms with Crippen molar-refractivity contribution in [3.05, 3.63) is 21.9 Å². The lowest BCUT2D eigenvalue weighted by molar-refractivity contribution is 0.0957. The molecule has 0 aromatic carbocycles. The fourth-order valence-electron chi connectivity index (χ4n) is 1.57. The summed E-state index contributed by atoms with van der Waals surface area (Å²) in [7, 11) is 0. The Morgan fingerprint density at radius 1 is 1.29 bits per heavy atom. The van der Waals surface area contributed by atoms with Crippen molar-refractivity contribution in [1.29, 1.82) is 0 Å². The average Bonchev–Trinajstić information content (AvgIpc) is 2.82. The van der Waals surface area contributed by atoms with Gasteiger partial charge in [0.15, 0.2) is 0 Å². The summed E-state index contributed by atoms with van der Waals surface area (Å²) >= 11 is 1.57. The number of amides is 1. The fourth-order valence-corrected chi connectivity index (χ4v) is 2.43. The fraction of sp³-hybridized carbons (Fsp3) is 0.615. The number of rotatable bonds is 8. The van der Waals surface area contributed by atoms with Crippen molar-refractivity contribution in [2.24, 2.45) is 0 Å². The summed E-state index contributed by atoms with van der Waals surface area (Å²) < 4.78 is 0. The molecule has 0 aliphatic rings. The number of carbonyl (C=O) groups excluding carboxylic acids is 1. The first-order chi connectivity index (χ1) is 8.27. The van der Waals surface area contributed by atoms with E-state index in [0.717, 1.165) is 43.5 Å². The first-order valence-electron chi connectivity index (χ1n) is 6.25. The third-order valence-corrected chi connectivity index (χ3v) is 3.83. The van der Waals surface area contributed by atoms with Gasteiger partial charge >= 0.3 is 0 Å². The maximum absolute atomic E-state index is 11.7. The zero-order valence-corrected chi connectivity index (χ0v) is 11.2. The van der Waals surface area contributed by atoms with Crippen LogP contribution in [0.15, 0.2) is 12.1 Å². The van der Waals surface area contributed by atoms with Crippen molar-refractivity contribution in [1.82, 2.24) is 5.32 Å². The van der Waals surface area contributed by atoms with E-state index in [1.54, 1.807) is 11.3 Å². The number of thiophene rings is 1. The van der Waals surface area contributed by atoms with E-state index < -0.39 is 0 Å². The van der Waals surface area contributed by atoms with Gasteiger partial charge in [0.05, 0.1) is 4.88 Å². The molecular weight excluding hydrogens is 234 g/mol. The van der Waals surface area contributed by atoms with Crippen LogP contribution in [0.2, 0.25) is 0 Å². The number of aliphatic hydroxyl groups is 1. The quantitative estimate of drug-likeness (QED) is 0.701. The summed E-state index contributed by atoms with van der Waals surface area (Å²) in [6.45, 7) is 3.08. The van der Waals surface area contributed by atoms with E-state index in [2.05, 4.69) is 12.2 Å². The predicted molar refractivity (Wildman–Crippen MR) is 71.6 cm³/mol. The number of hydrogen-bond acceptors (Lipinski definition) is 3. The SMILES string of the molecule is CCc1ccc(C(=O)NCCCCCCO)s1. The summed E-state index contributed by atoms with van der Waals surface area (Å²) in [6.07, 6.45) is 4.92. The molecule has 0 unspecified atom stereocenters. The third-order valence-electron chi connectivity index (χ3n) is 2.60. The summed E-state index contributed by atoms with van der Waals surface area (Å²) in [5, 5.41) is 11.5. The van der Waals surface area contributed by atoms with E-state index in [1.165, 1.54) is 4.88 Å². The molecule has 0 saturated carbocycles. The lowest BCUT2D eigenvalue weighted by atomic mass is 10.2. The topological polar surface area (TPSA) is 49.3 Å². The van der Waals surface area contributed by atoms with Crippen molar-refractivity contribution in [3.63, 3.8) is 0 Å². The molecule has 0 spiro atoms. The minimum Gasteiger partial charge on any atom is -0.396 e. The maximum Gasteiger partial charge on any atom is 0.261 e. The monoisotopic (exact) mass is 255 g/mol. The van der Waals surface area contributed by atoms with Gasteiger partial charge in [0.2, 0.25) is 0 Å². The molecule has 17 heavy (non-hydrogen) atoms. The molecule has 96 valence electrons. The average molecular weight is 255 g/mol. The Morgan fingerprint density at radius 3 is 2.71 bits per heavy atom. The highest BCUT2D eigenvalue weighted by Crippen LogP contribution is 2.16. The van der Waals surface area contributed by atoms with E-state index in [-0.39, 0.29) is 12.5 Å². The Kier molecular flexibility index (Phi) is 6.89. The second kappa shape index (κ2) is 8.25. The Balaban J connectivity index is 2.16. The number of aryl methyl sites for hydroxylation is 1. The number of hydrogen-bond donors (Lipinski definition) is 2. The molecule has 4 heteroatoms. The molecule has 2 N–H and O–H groups in total. The maximum atomic E-state index is 11.7. The highest BCUT2D eigenvalue weighted by molar-refractivity contribution is 7.14. The summed E-state index contributed by atoms with van der Waals surface area (Å²) in [5.41, 5.74) is 0. The molecule has 0 saturated heterocycles. The van der Waals surface area contributed by atoms with Crippen LogP contribution in [0.1, 0.15) is 47.2 Å². The van der Waals surface area contributed by atoms with Crippen molar-refractivity contribution < 1.29 is 9.90 Å². The number of unbranched alkanes of at least 4 members (excludes halogenated alkanes) is 3. The lowest BCUT2D eigenvalue weighted by Gasteiger charge is -2.03. The minimum atomic E-state index is 0.0388. The van der Waals surface area contributed by atoms with Crippen LogP contribution < -0.4 is 5.32 Å². The van der Waals surface area contributed by atoms with Gasteiger partial charge in [0.25, 0.3) is 5.91 Å². The Hall–Kier alpha value is -0.870. The Bertz CT molecular complexity index is 336. The molecule has 0 radical (unpaired) electrons. The van der Waals surface area contributed by atoms with Gasteiger partial charge in [-0.2, -0.15) is 0 Å². The number of carbonyl (C=O) groups is 1. The Labute approximate surface area is 107 Å². The number of nitrogens with one attached hydrogen (secondary N) is 1. The van der Waals surface area contributed by atoms with E-state index in [4.69, 9.17) is 5.11 Å². The van der Waals surface area contributed by atoms with Crippen LogP contribution in [0.3, 0.4) is 0 Å². The van der Waals surface area contributed by atoms with Crippen LogP contribution in [0.25, 0.3) is 0 Å². The second-order valence-corrected chi connectivity index (χ2v) is 5.18. The summed E-state index contributed by atoms with van der Waals surface area (Å²) in [6, 6.07) is 3.91. The van der Waals surface area contributed by atoms with Gasteiger partial charge in [0, 0.05) is 18.0 Å². The van der Waals surface area contributed by atoms with Crippen molar-refractivity contribution in [2.75, 3.05) is 13.2 Å². The second-order valence-electron chi connectivity index (χ2n) is 4.01. The van der Waals surface area contributed by atoms with Crippen LogP contribution in [0, 0.1) is 0 Å². The molecule has 1 aromatic rings. The van der Waals surface area contributed by atoms with E-state index >= 15 is 0 Å². The van der Waals surface area contributed by atoms with Gasteiger partial charge in [-0.05, 0) is 31.4 Å². The largest absolute Gasteiger partial charge is 0.396 e. The van der Waals surface area contributed by atoms with Gasteiger partial charge in [-0.25, -0.2) is 0 Å². The first-order valence-corrected chi connectivity index (χ1v) is 7.07. The molecule has 0 bridgehead atoms. The molecule has 1 aromatic heterocycles. The lowest BCUT2D eigenvalue weighted by Crippen LogP contribution is -2.23. The Morgan fingerprint density at radius 2 is 2.06 bits per heavy atom. The van der Waals surface area contributed by atoms with Gasteiger partial charge in [0.1, 0.15) is 0 Å². The normalized spacial score (nSPS) is 10.5. The van der Waals surface area contributed by atoms with Crippen molar-refractivity contribution in [3.8, 4) is 0 Å². The molecule has 0 aliphatic heterocycles. The number of aliphatic hydroxyl groups excluding tert-OH is 1. The van der Waals surface area contributed by atoms with Crippen LogP contribution in [-0.2, 0) is 6.42 Å². The van der Waals surface area contributed by atoms with E-state index in [9.17, 15) is 4.79 Å². The van der Waals surface area contributed by atoms with Crippen molar-refractivity contribution in [2.45, 2.75) is 39.0 Å². The molecule has 1 heterocycles. The standard InChI is InChI=1S/C13H21NO2S/c1-2-11-7-8-12(17-11)13(16)14-9-5-3-4-6-10-15/h7-8,15H,2-6,9-10H2,1H3,(H,14,16). The highest BCUT2D eigenvalue weighted by Gasteiger charge is 2.07.